The van der Waals surface area contributed by atoms with E-state index in [4.69, 9.17) is 10.5 Å². The number of hydrogen-bond donors (Lipinski definition) is 2. The first kappa shape index (κ1) is 20.5. The van der Waals surface area contributed by atoms with Gasteiger partial charge in [-0.15, -0.1) is 0 Å². The number of fused-ring (bicyclic) bond motifs is 1. The molecule has 0 spiro atoms. The molecule has 0 saturated heterocycles. The fourth-order valence-corrected chi connectivity index (χ4v) is 4.20. The molecule has 3 aromatic heterocycles. The first-order chi connectivity index (χ1) is 15.6. The molecule has 1 amide bonds. The third-order valence-corrected chi connectivity index (χ3v) is 6.32. The quantitative estimate of drug-likeness (QED) is 0.618. The standard InChI is InChI=1S/C24H26N6O2/c25-12-19-10-21(22(13-27-19)32-14-15-1-5-18(26)6-2-15)17-7-8-30-20(9-17)11-23(29-30)28-24(31)16-3-4-16/h7-11,13,15-16,18H,1-6,14,26H2,(H,28,29,31). The van der Waals surface area contributed by atoms with Crippen molar-refractivity contribution >= 4 is 17.2 Å². The minimum atomic E-state index is 0.0285. The molecule has 3 heterocycles. The number of rotatable bonds is 6. The second kappa shape index (κ2) is 8.60. The summed E-state index contributed by atoms with van der Waals surface area (Å²) in [4.78, 5) is 16.3. The van der Waals surface area contributed by atoms with Gasteiger partial charge < -0.3 is 15.8 Å². The molecule has 2 aliphatic rings. The van der Waals surface area contributed by atoms with Crippen molar-refractivity contribution in [2.75, 3.05) is 11.9 Å². The van der Waals surface area contributed by atoms with Gasteiger partial charge in [-0.2, -0.15) is 10.4 Å². The number of pyridine rings is 2. The molecule has 32 heavy (non-hydrogen) atoms. The summed E-state index contributed by atoms with van der Waals surface area (Å²) < 4.78 is 7.90. The zero-order valence-electron chi connectivity index (χ0n) is 17.8. The third-order valence-electron chi connectivity index (χ3n) is 6.32. The summed E-state index contributed by atoms with van der Waals surface area (Å²) in [6.45, 7) is 0.611. The predicted molar refractivity (Wildman–Crippen MR) is 120 cm³/mol. The topological polar surface area (TPSA) is 118 Å². The first-order valence-corrected chi connectivity index (χ1v) is 11.2. The number of aromatic nitrogens is 3. The van der Waals surface area contributed by atoms with Crippen LogP contribution in [0.5, 0.6) is 5.75 Å². The number of nitrogens with zero attached hydrogens (tertiary/aromatic N) is 4. The number of carbonyl (C=O) groups excluding carboxylic acids is 1. The number of nitriles is 1. The summed E-state index contributed by atoms with van der Waals surface area (Å²) in [6.07, 6.45) is 9.56. The van der Waals surface area contributed by atoms with Crippen LogP contribution in [0, 0.1) is 23.2 Å². The van der Waals surface area contributed by atoms with Gasteiger partial charge >= 0.3 is 0 Å². The van der Waals surface area contributed by atoms with Gasteiger partial charge in [0.05, 0.1) is 18.3 Å². The Balaban J connectivity index is 1.39. The lowest BCUT2D eigenvalue weighted by atomic mass is 9.87. The third kappa shape index (κ3) is 4.43. The van der Waals surface area contributed by atoms with Crippen molar-refractivity contribution in [1.82, 2.24) is 14.6 Å². The molecule has 0 bridgehead atoms. The van der Waals surface area contributed by atoms with Crippen molar-refractivity contribution in [1.29, 1.82) is 5.26 Å². The van der Waals surface area contributed by atoms with Gasteiger partial charge in [0.2, 0.25) is 5.91 Å². The van der Waals surface area contributed by atoms with Crippen molar-refractivity contribution in [2.24, 2.45) is 17.6 Å². The van der Waals surface area contributed by atoms with E-state index < -0.39 is 0 Å². The molecular formula is C24H26N6O2. The minimum Gasteiger partial charge on any atom is -0.491 e. The van der Waals surface area contributed by atoms with E-state index >= 15 is 0 Å². The molecule has 0 aromatic carbocycles. The number of nitrogens with one attached hydrogen (secondary N) is 1. The van der Waals surface area contributed by atoms with Gasteiger partial charge in [-0.1, -0.05) is 0 Å². The highest BCUT2D eigenvalue weighted by Gasteiger charge is 2.30. The molecule has 8 nitrogen and oxygen atoms in total. The van der Waals surface area contributed by atoms with Gasteiger partial charge in [0.25, 0.3) is 0 Å². The van der Waals surface area contributed by atoms with Crippen LogP contribution in [0.25, 0.3) is 16.6 Å². The number of nitrogens with two attached hydrogens (primary N) is 1. The van der Waals surface area contributed by atoms with Gasteiger partial charge in [0, 0.05) is 29.8 Å². The Morgan fingerprint density at radius 3 is 2.78 bits per heavy atom. The summed E-state index contributed by atoms with van der Waals surface area (Å²) in [5, 5.41) is 16.7. The SMILES string of the molecule is N#Cc1cc(-c2ccn3nc(NC(=O)C4CC4)cc3c2)c(OCC2CCC(N)CC2)cn1. The van der Waals surface area contributed by atoms with Crippen LogP contribution in [-0.4, -0.2) is 33.2 Å². The van der Waals surface area contributed by atoms with Crippen LogP contribution >= 0.6 is 0 Å². The van der Waals surface area contributed by atoms with Crippen LogP contribution in [0.2, 0.25) is 0 Å². The summed E-state index contributed by atoms with van der Waals surface area (Å²) in [5.74, 6) is 1.83. The maximum Gasteiger partial charge on any atom is 0.228 e. The molecular weight excluding hydrogens is 404 g/mol. The maximum atomic E-state index is 12.1. The van der Waals surface area contributed by atoms with Crippen LogP contribution in [0.4, 0.5) is 5.82 Å². The van der Waals surface area contributed by atoms with Crippen molar-refractivity contribution in [2.45, 2.75) is 44.6 Å². The van der Waals surface area contributed by atoms with Crippen LogP contribution in [0.15, 0.2) is 36.7 Å². The maximum absolute atomic E-state index is 12.1. The number of amides is 1. The lowest BCUT2D eigenvalue weighted by Crippen LogP contribution is -2.28. The van der Waals surface area contributed by atoms with Crippen LogP contribution < -0.4 is 15.8 Å². The van der Waals surface area contributed by atoms with Crippen molar-refractivity contribution in [3.8, 4) is 22.9 Å². The van der Waals surface area contributed by atoms with Gasteiger partial charge in [0.15, 0.2) is 5.82 Å². The first-order valence-electron chi connectivity index (χ1n) is 11.2. The monoisotopic (exact) mass is 430 g/mol. The van der Waals surface area contributed by atoms with Crippen molar-refractivity contribution in [3.63, 3.8) is 0 Å². The zero-order chi connectivity index (χ0) is 22.1. The molecule has 2 fully saturated rings. The lowest BCUT2D eigenvalue weighted by Gasteiger charge is -2.26. The van der Waals surface area contributed by atoms with Crippen molar-refractivity contribution in [3.05, 3.63) is 42.4 Å². The highest BCUT2D eigenvalue weighted by Crippen LogP contribution is 2.33. The number of anilines is 1. The largest absolute Gasteiger partial charge is 0.491 e. The van der Waals surface area contributed by atoms with Crippen LogP contribution in [-0.2, 0) is 4.79 Å². The van der Waals surface area contributed by atoms with E-state index in [1.54, 1.807) is 16.8 Å². The summed E-state index contributed by atoms with van der Waals surface area (Å²) >= 11 is 0. The van der Waals surface area contributed by atoms with E-state index in [1.807, 2.05) is 24.4 Å². The molecule has 0 aliphatic heterocycles. The van der Waals surface area contributed by atoms with E-state index in [-0.39, 0.29) is 11.8 Å². The molecule has 2 aliphatic carbocycles. The second-order valence-corrected chi connectivity index (χ2v) is 8.85. The Morgan fingerprint density at radius 1 is 1.22 bits per heavy atom. The Labute approximate surface area is 186 Å². The fourth-order valence-electron chi connectivity index (χ4n) is 4.20. The fraction of sp³-hybridized carbons (Fsp3) is 0.417. The van der Waals surface area contributed by atoms with E-state index in [0.29, 0.717) is 35.8 Å². The second-order valence-electron chi connectivity index (χ2n) is 8.85. The average molecular weight is 431 g/mol. The summed E-state index contributed by atoms with van der Waals surface area (Å²) in [5.41, 5.74) is 8.91. The smallest absolute Gasteiger partial charge is 0.228 e. The van der Waals surface area contributed by atoms with Gasteiger partial charge in [0.1, 0.15) is 17.5 Å². The van der Waals surface area contributed by atoms with Crippen LogP contribution in [0.1, 0.15) is 44.2 Å². The Hall–Kier alpha value is -3.44. The molecule has 0 radical (unpaired) electrons. The van der Waals surface area contributed by atoms with E-state index in [1.165, 1.54) is 0 Å². The molecule has 2 saturated carbocycles. The average Bonchev–Trinajstić information content (AvgIpc) is 3.59. The molecule has 0 atom stereocenters. The van der Waals surface area contributed by atoms with E-state index in [2.05, 4.69) is 21.5 Å². The van der Waals surface area contributed by atoms with Gasteiger partial charge in [-0.05, 0) is 68.2 Å². The number of hydrogen-bond acceptors (Lipinski definition) is 6. The Bertz CT molecular complexity index is 1180. The van der Waals surface area contributed by atoms with Gasteiger partial charge in [-0.3, -0.25) is 4.79 Å². The van der Waals surface area contributed by atoms with E-state index in [9.17, 15) is 10.1 Å². The van der Waals surface area contributed by atoms with Crippen LogP contribution in [0.3, 0.4) is 0 Å². The highest BCUT2D eigenvalue weighted by atomic mass is 16.5. The molecule has 0 unspecified atom stereocenters. The minimum absolute atomic E-state index is 0.0285. The van der Waals surface area contributed by atoms with E-state index in [0.717, 1.165) is 55.2 Å². The molecule has 8 heteroatoms. The Morgan fingerprint density at radius 2 is 2.03 bits per heavy atom. The predicted octanol–water partition coefficient (Wildman–Crippen LogP) is 3.51. The lowest BCUT2D eigenvalue weighted by molar-refractivity contribution is -0.117. The Kier molecular flexibility index (Phi) is 5.50. The molecule has 5 rings (SSSR count). The zero-order valence-corrected chi connectivity index (χ0v) is 17.8. The van der Waals surface area contributed by atoms with Gasteiger partial charge in [-0.25, -0.2) is 9.50 Å². The molecule has 3 N–H and O–H groups in total. The summed E-state index contributed by atoms with van der Waals surface area (Å²) in [6, 6.07) is 9.92. The summed E-state index contributed by atoms with van der Waals surface area (Å²) in [7, 11) is 0. The number of ether oxygens (including phenoxy) is 1. The molecule has 164 valence electrons. The molecule has 3 aromatic rings. The highest BCUT2D eigenvalue weighted by molar-refractivity contribution is 5.93. The number of carbonyl (C=O) groups is 1. The normalized spacial score (nSPS) is 20.6. The van der Waals surface area contributed by atoms with Crippen molar-refractivity contribution < 1.29 is 9.53 Å².